The molecule has 106 valence electrons. The molecule has 1 aromatic rings. The van der Waals surface area contributed by atoms with Gasteiger partial charge in [-0.05, 0) is 30.1 Å². The molecule has 0 radical (unpaired) electrons. The third-order valence-electron chi connectivity index (χ3n) is 2.49. The lowest BCUT2D eigenvalue weighted by molar-refractivity contribution is -0.112. The predicted molar refractivity (Wildman–Crippen MR) is 88.7 cm³/mol. The van der Waals surface area contributed by atoms with E-state index in [0.717, 1.165) is 27.0 Å². The van der Waals surface area contributed by atoms with E-state index in [1.807, 2.05) is 51.1 Å². The molecule has 1 aromatic carbocycles. The van der Waals surface area contributed by atoms with E-state index >= 15 is 0 Å². The number of rotatable bonds is 6. The number of benzene rings is 1. The minimum atomic E-state index is -0.335. The van der Waals surface area contributed by atoms with E-state index in [2.05, 4.69) is 5.32 Å². The van der Waals surface area contributed by atoms with Crippen molar-refractivity contribution in [2.24, 2.45) is 0 Å². The average molecular weight is 306 g/mol. The summed E-state index contributed by atoms with van der Waals surface area (Å²) in [5.74, 6) is 1.34. The Balaban J connectivity index is 3.00. The quantitative estimate of drug-likeness (QED) is 0.633. The van der Waals surface area contributed by atoms with Crippen molar-refractivity contribution < 1.29 is 4.79 Å². The van der Waals surface area contributed by atoms with Gasteiger partial charge in [0.1, 0.15) is 11.6 Å². The van der Waals surface area contributed by atoms with E-state index in [-0.39, 0.29) is 11.5 Å². The van der Waals surface area contributed by atoms with E-state index in [0.29, 0.717) is 0 Å². The molecule has 0 fully saturated rings. The molecule has 1 amide bonds. The number of anilines is 1. The lowest BCUT2D eigenvalue weighted by Crippen LogP contribution is -2.15. The van der Waals surface area contributed by atoms with Crippen LogP contribution < -0.4 is 5.32 Å². The normalized spacial score (nSPS) is 9.70. The summed E-state index contributed by atoms with van der Waals surface area (Å²) in [5, 5.41) is 12.1. The first-order chi connectivity index (χ1) is 9.63. The molecule has 0 bridgehead atoms. The Hall–Kier alpha value is -1.38. The lowest BCUT2D eigenvalue weighted by atomic mass is 10.2. The molecule has 3 nitrogen and oxygen atoms in total. The SMILES string of the molecule is CCSC(SCC)=C(C#N)C(=O)Nc1ccccc1C. The number of para-hydroxylation sites is 1. The molecule has 0 saturated heterocycles. The standard InChI is InChI=1S/C15H18N2OS2/c1-4-19-15(20-5-2)12(10-16)14(18)17-13-9-7-6-8-11(13)3/h6-9H,4-5H2,1-3H3,(H,17,18). The molecule has 5 heteroatoms. The largest absolute Gasteiger partial charge is 0.321 e. The summed E-state index contributed by atoms with van der Waals surface area (Å²) in [6.07, 6.45) is 0. The van der Waals surface area contributed by atoms with Gasteiger partial charge in [0.25, 0.3) is 5.91 Å². The van der Waals surface area contributed by atoms with Crippen LogP contribution in [0.25, 0.3) is 0 Å². The highest BCUT2D eigenvalue weighted by atomic mass is 32.2. The van der Waals surface area contributed by atoms with Gasteiger partial charge in [-0.3, -0.25) is 4.79 Å². The molecule has 0 saturated carbocycles. The average Bonchev–Trinajstić information content (AvgIpc) is 2.43. The minimum absolute atomic E-state index is 0.201. The molecule has 0 aliphatic heterocycles. The minimum Gasteiger partial charge on any atom is -0.321 e. The highest BCUT2D eigenvalue weighted by molar-refractivity contribution is 8.22. The molecule has 1 rings (SSSR count). The summed E-state index contributed by atoms with van der Waals surface area (Å²) < 4.78 is 0.795. The van der Waals surface area contributed by atoms with Gasteiger partial charge in [0.2, 0.25) is 0 Å². The molecule has 0 atom stereocenters. The van der Waals surface area contributed by atoms with Crippen molar-refractivity contribution in [1.82, 2.24) is 0 Å². The van der Waals surface area contributed by atoms with Gasteiger partial charge in [-0.15, -0.1) is 23.5 Å². The van der Waals surface area contributed by atoms with Crippen LogP contribution in [0.5, 0.6) is 0 Å². The van der Waals surface area contributed by atoms with Gasteiger partial charge < -0.3 is 5.32 Å². The van der Waals surface area contributed by atoms with E-state index in [9.17, 15) is 10.1 Å². The van der Waals surface area contributed by atoms with Crippen molar-refractivity contribution in [2.45, 2.75) is 20.8 Å². The van der Waals surface area contributed by atoms with Crippen molar-refractivity contribution in [2.75, 3.05) is 16.8 Å². The number of carbonyl (C=O) groups excluding carboxylic acids is 1. The van der Waals surface area contributed by atoms with E-state index in [1.54, 1.807) is 0 Å². The second-order valence-electron chi connectivity index (χ2n) is 3.91. The number of carbonyl (C=O) groups is 1. The summed E-state index contributed by atoms with van der Waals surface area (Å²) in [7, 11) is 0. The predicted octanol–water partition coefficient (Wildman–Crippen LogP) is 4.17. The summed E-state index contributed by atoms with van der Waals surface area (Å²) in [6.45, 7) is 5.94. The van der Waals surface area contributed by atoms with Crippen LogP contribution >= 0.6 is 23.5 Å². The van der Waals surface area contributed by atoms with Gasteiger partial charge in [-0.25, -0.2) is 0 Å². The Labute approximate surface area is 128 Å². The molecule has 20 heavy (non-hydrogen) atoms. The Kier molecular flexibility index (Phi) is 7.27. The number of nitrogens with zero attached hydrogens (tertiary/aromatic N) is 1. The molecule has 0 aliphatic rings. The first kappa shape index (κ1) is 16.7. The number of amides is 1. The maximum Gasteiger partial charge on any atom is 0.268 e. The topological polar surface area (TPSA) is 52.9 Å². The van der Waals surface area contributed by atoms with Gasteiger partial charge in [-0.1, -0.05) is 32.0 Å². The number of hydrogen-bond donors (Lipinski definition) is 1. The van der Waals surface area contributed by atoms with Crippen molar-refractivity contribution >= 4 is 35.1 Å². The highest BCUT2D eigenvalue weighted by Crippen LogP contribution is 2.31. The summed E-state index contributed by atoms with van der Waals surface area (Å²) >= 11 is 3.07. The van der Waals surface area contributed by atoms with Gasteiger partial charge >= 0.3 is 0 Å². The van der Waals surface area contributed by atoms with Crippen LogP contribution in [0, 0.1) is 18.3 Å². The van der Waals surface area contributed by atoms with E-state index < -0.39 is 0 Å². The van der Waals surface area contributed by atoms with Crippen molar-refractivity contribution in [3.8, 4) is 6.07 Å². The van der Waals surface area contributed by atoms with Crippen molar-refractivity contribution in [1.29, 1.82) is 5.26 Å². The van der Waals surface area contributed by atoms with E-state index in [1.165, 1.54) is 23.5 Å². The zero-order valence-corrected chi connectivity index (χ0v) is 13.5. The fourth-order valence-electron chi connectivity index (χ4n) is 1.54. The van der Waals surface area contributed by atoms with E-state index in [4.69, 9.17) is 0 Å². The molecule has 0 heterocycles. The molecule has 0 aromatic heterocycles. The van der Waals surface area contributed by atoms with Crippen LogP contribution in [0.3, 0.4) is 0 Å². The number of nitriles is 1. The smallest absolute Gasteiger partial charge is 0.268 e. The number of thioether (sulfide) groups is 2. The molecular formula is C15H18N2OS2. The Morgan fingerprint density at radius 1 is 1.25 bits per heavy atom. The fraction of sp³-hybridized carbons (Fsp3) is 0.333. The Morgan fingerprint density at radius 3 is 2.35 bits per heavy atom. The van der Waals surface area contributed by atoms with Crippen LogP contribution in [0.1, 0.15) is 19.4 Å². The van der Waals surface area contributed by atoms with Crippen LogP contribution in [0.4, 0.5) is 5.69 Å². The number of aryl methyl sites for hydroxylation is 1. The Morgan fingerprint density at radius 2 is 1.85 bits per heavy atom. The van der Waals surface area contributed by atoms with Crippen molar-refractivity contribution in [3.05, 3.63) is 39.6 Å². The molecule has 1 N–H and O–H groups in total. The lowest BCUT2D eigenvalue weighted by Gasteiger charge is -2.10. The van der Waals surface area contributed by atoms with Gasteiger partial charge in [0.05, 0.1) is 4.24 Å². The maximum absolute atomic E-state index is 12.3. The molecule has 0 unspecified atom stereocenters. The van der Waals surface area contributed by atoms with Crippen molar-refractivity contribution in [3.63, 3.8) is 0 Å². The zero-order valence-electron chi connectivity index (χ0n) is 11.9. The van der Waals surface area contributed by atoms with Crippen LogP contribution in [0.15, 0.2) is 34.1 Å². The molecule has 0 spiro atoms. The first-order valence-corrected chi connectivity index (χ1v) is 8.38. The highest BCUT2D eigenvalue weighted by Gasteiger charge is 2.16. The third kappa shape index (κ3) is 4.62. The molecular weight excluding hydrogens is 288 g/mol. The summed E-state index contributed by atoms with van der Waals surface area (Å²) in [4.78, 5) is 12.3. The van der Waals surface area contributed by atoms with Gasteiger partial charge in [0.15, 0.2) is 0 Å². The third-order valence-corrected chi connectivity index (χ3v) is 4.70. The fourth-order valence-corrected chi connectivity index (χ4v) is 3.67. The zero-order chi connectivity index (χ0) is 15.0. The number of nitrogens with one attached hydrogen (secondary N) is 1. The van der Waals surface area contributed by atoms with Crippen LogP contribution in [0.2, 0.25) is 0 Å². The monoisotopic (exact) mass is 306 g/mol. The Bertz CT molecular complexity index is 539. The van der Waals surface area contributed by atoms with Gasteiger partial charge in [-0.2, -0.15) is 5.26 Å². The first-order valence-electron chi connectivity index (χ1n) is 6.40. The van der Waals surface area contributed by atoms with Crippen LogP contribution in [-0.4, -0.2) is 17.4 Å². The maximum atomic E-state index is 12.3. The second-order valence-corrected chi connectivity index (χ2v) is 6.72. The van der Waals surface area contributed by atoms with Gasteiger partial charge in [0, 0.05) is 5.69 Å². The molecule has 0 aliphatic carbocycles. The number of hydrogen-bond acceptors (Lipinski definition) is 4. The summed E-state index contributed by atoms with van der Waals surface area (Å²) in [6, 6.07) is 9.57. The second kappa shape index (κ2) is 8.72. The van der Waals surface area contributed by atoms with Crippen LogP contribution in [-0.2, 0) is 4.79 Å². The summed E-state index contributed by atoms with van der Waals surface area (Å²) in [5.41, 5.74) is 1.92.